The normalized spacial score (nSPS) is 18.4. The van der Waals surface area contributed by atoms with Crippen molar-refractivity contribution in [3.05, 3.63) is 29.8 Å². The zero-order chi connectivity index (χ0) is 13.0. The number of rotatable bonds is 7. The molecule has 1 saturated carbocycles. The number of ether oxygens (including phenoxy) is 2. The van der Waals surface area contributed by atoms with E-state index in [0.29, 0.717) is 6.10 Å². The van der Waals surface area contributed by atoms with Gasteiger partial charge in [0.15, 0.2) is 0 Å². The lowest BCUT2D eigenvalue weighted by atomic mass is 10.0. The van der Waals surface area contributed by atoms with Crippen LogP contribution in [0.2, 0.25) is 0 Å². The van der Waals surface area contributed by atoms with Crippen molar-refractivity contribution in [3.8, 4) is 5.75 Å². The van der Waals surface area contributed by atoms with Crippen molar-refractivity contribution >= 4 is 0 Å². The van der Waals surface area contributed by atoms with Crippen molar-refractivity contribution in [1.82, 2.24) is 0 Å². The molecule has 0 heterocycles. The van der Waals surface area contributed by atoms with Crippen LogP contribution in [0.25, 0.3) is 0 Å². The number of hydrogen-bond donors (Lipinski definition) is 1. The van der Waals surface area contributed by atoms with E-state index in [1.54, 1.807) is 7.11 Å². The van der Waals surface area contributed by atoms with Gasteiger partial charge in [0.2, 0.25) is 0 Å². The third kappa shape index (κ3) is 3.47. The first-order valence-corrected chi connectivity index (χ1v) is 6.72. The topological polar surface area (TPSA) is 38.7 Å². The van der Waals surface area contributed by atoms with Crippen LogP contribution in [-0.2, 0) is 4.74 Å². The summed E-state index contributed by atoms with van der Waals surface area (Å²) in [6.45, 7) is 2.09. The van der Waals surface area contributed by atoms with Crippen LogP contribution in [-0.4, -0.2) is 24.4 Å². The first kappa shape index (κ1) is 13.4. The van der Waals surface area contributed by atoms with Crippen molar-refractivity contribution in [2.24, 2.45) is 0 Å². The van der Waals surface area contributed by atoms with E-state index in [0.717, 1.165) is 37.0 Å². The molecule has 1 aromatic carbocycles. The number of methoxy groups -OCH3 is 1. The van der Waals surface area contributed by atoms with Crippen molar-refractivity contribution in [3.63, 3.8) is 0 Å². The summed E-state index contributed by atoms with van der Waals surface area (Å²) in [5.74, 6) is 0.848. The first-order chi connectivity index (χ1) is 8.74. The standard InChI is InChI=1S/C15H22O3/c1-3-5-14(17-2)15(16)11-6-4-7-13(10-11)18-12-8-9-12/h4,6-7,10,12,14-16H,3,5,8-9H2,1-2H3. The second-order valence-electron chi connectivity index (χ2n) is 4.90. The van der Waals surface area contributed by atoms with Gasteiger partial charge in [-0.05, 0) is 37.0 Å². The third-order valence-electron chi connectivity index (χ3n) is 3.25. The Labute approximate surface area is 109 Å². The van der Waals surface area contributed by atoms with Gasteiger partial charge in [-0.2, -0.15) is 0 Å². The van der Waals surface area contributed by atoms with E-state index in [4.69, 9.17) is 9.47 Å². The molecule has 1 aliphatic rings. The first-order valence-electron chi connectivity index (χ1n) is 6.72. The molecule has 0 amide bonds. The van der Waals surface area contributed by atoms with Gasteiger partial charge < -0.3 is 14.6 Å². The van der Waals surface area contributed by atoms with Crippen molar-refractivity contribution in [1.29, 1.82) is 0 Å². The molecule has 3 heteroatoms. The number of hydrogen-bond acceptors (Lipinski definition) is 3. The fourth-order valence-electron chi connectivity index (χ4n) is 2.05. The highest BCUT2D eigenvalue weighted by Gasteiger charge is 2.24. The molecule has 0 bridgehead atoms. The predicted octanol–water partition coefficient (Wildman–Crippen LogP) is 3.08. The molecule has 0 aliphatic heterocycles. The Morgan fingerprint density at radius 2 is 2.17 bits per heavy atom. The van der Waals surface area contributed by atoms with Crippen LogP contribution in [0.1, 0.15) is 44.3 Å². The Morgan fingerprint density at radius 3 is 2.78 bits per heavy atom. The smallest absolute Gasteiger partial charge is 0.120 e. The minimum Gasteiger partial charge on any atom is -0.490 e. The Morgan fingerprint density at radius 1 is 1.39 bits per heavy atom. The highest BCUT2D eigenvalue weighted by Crippen LogP contribution is 2.29. The van der Waals surface area contributed by atoms with Crippen molar-refractivity contribution < 1.29 is 14.6 Å². The quantitative estimate of drug-likeness (QED) is 0.808. The molecule has 2 atom stereocenters. The maximum Gasteiger partial charge on any atom is 0.120 e. The van der Waals surface area contributed by atoms with Gasteiger partial charge in [0.05, 0.1) is 12.2 Å². The lowest BCUT2D eigenvalue weighted by molar-refractivity contribution is -0.0180. The maximum absolute atomic E-state index is 10.3. The van der Waals surface area contributed by atoms with Crippen LogP contribution in [0.4, 0.5) is 0 Å². The van der Waals surface area contributed by atoms with Crippen LogP contribution in [0, 0.1) is 0 Å². The molecule has 3 nitrogen and oxygen atoms in total. The van der Waals surface area contributed by atoms with Gasteiger partial charge in [0, 0.05) is 7.11 Å². The van der Waals surface area contributed by atoms with Gasteiger partial charge in [-0.15, -0.1) is 0 Å². The summed E-state index contributed by atoms with van der Waals surface area (Å²) in [5.41, 5.74) is 0.869. The molecule has 0 saturated heterocycles. The molecule has 1 fully saturated rings. The van der Waals surface area contributed by atoms with Gasteiger partial charge in [-0.1, -0.05) is 25.5 Å². The minimum absolute atomic E-state index is 0.147. The third-order valence-corrected chi connectivity index (χ3v) is 3.25. The SMILES string of the molecule is CCCC(OC)C(O)c1cccc(OC2CC2)c1. The largest absolute Gasteiger partial charge is 0.490 e. The van der Waals surface area contributed by atoms with Gasteiger partial charge in [-0.25, -0.2) is 0 Å². The summed E-state index contributed by atoms with van der Waals surface area (Å²) in [5, 5.41) is 10.3. The lowest BCUT2D eigenvalue weighted by Crippen LogP contribution is -2.20. The number of benzene rings is 1. The van der Waals surface area contributed by atoms with Gasteiger partial charge in [0.25, 0.3) is 0 Å². The minimum atomic E-state index is -0.585. The van der Waals surface area contributed by atoms with Gasteiger partial charge in [-0.3, -0.25) is 0 Å². The summed E-state index contributed by atoms with van der Waals surface area (Å²) >= 11 is 0. The molecule has 1 N–H and O–H groups in total. The zero-order valence-electron chi connectivity index (χ0n) is 11.1. The van der Waals surface area contributed by atoms with Gasteiger partial charge >= 0.3 is 0 Å². The summed E-state index contributed by atoms with van der Waals surface area (Å²) in [4.78, 5) is 0. The molecule has 100 valence electrons. The molecule has 0 spiro atoms. The molecule has 2 rings (SSSR count). The molecule has 18 heavy (non-hydrogen) atoms. The van der Waals surface area contributed by atoms with E-state index in [1.165, 1.54) is 0 Å². The monoisotopic (exact) mass is 250 g/mol. The summed E-state index contributed by atoms with van der Waals surface area (Å²) in [6, 6.07) is 7.71. The van der Waals surface area contributed by atoms with E-state index < -0.39 is 6.10 Å². The summed E-state index contributed by atoms with van der Waals surface area (Å²) in [6.07, 6.45) is 3.78. The van der Waals surface area contributed by atoms with E-state index >= 15 is 0 Å². The predicted molar refractivity (Wildman–Crippen MR) is 70.8 cm³/mol. The zero-order valence-corrected chi connectivity index (χ0v) is 11.1. The van der Waals surface area contributed by atoms with Crippen LogP contribution >= 0.6 is 0 Å². The molecule has 0 radical (unpaired) electrons. The Bertz CT molecular complexity index is 374. The van der Waals surface area contributed by atoms with Crippen LogP contribution in [0.3, 0.4) is 0 Å². The van der Waals surface area contributed by atoms with Crippen LogP contribution in [0.5, 0.6) is 5.75 Å². The Balaban J connectivity index is 2.05. The number of aliphatic hydroxyl groups is 1. The molecule has 0 aromatic heterocycles. The van der Waals surface area contributed by atoms with Crippen LogP contribution < -0.4 is 4.74 Å². The highest BCUT2D eigenvalue weighted by molar-refractivity contribution is 5.30. The Kier molecular flexibility index (Phi) is 4.61. The van der Waals surface area contributed by atoms with Crippen molar-refractivity contribution in [2.75, 3.05) is 7.11 Å². The fraction of sp³-hybridized carbons (Fsp3) is 0.600. The molecular formula is C15H22O3. The number of aliphatic hydroxyl groups excluding tert-OH is 1. The molecule has 1 aromatic rings. The average molecular weight is 250 g/mol. The van der Waals surface area contributed by atoms with E-state index in [2.05, 4.69) is 6.92 Å². The van der Waals surface area contributed by atoms with E-state index in [9.17, 15) is 5.11 Å². The fourth-order valence-corrected chi connectivity index (χ4v) is 2.05. The van der Waals surface area contributed by atoms with Crippen LogP contribution in [0.15, 0.2) is 24.3 Å². The second kappa shape index (κ2) is 6.21. The van der Waals surface area contributed by atoms with Crippen molar-refractivity contribution in [2.45, 2.75) is 50.9 Å². The van der Waals surface area contributed by atoms with E-state index in [-0.39, 0.29) is 6.10 Å². The summed E-state index contributed by atoms with van der Waals surface area (Å²) < 4.78 is 11.1. The molecule has 1 aliphatic carbocycles. The second-order valence-corrected chi connectivity index (χ2v) is 4.90. The summed E-state index contributed by atoms with van der Waals surface area (Å²) in [7, 11) is 1.65. The molecular weight excluding hydrogens is 228 g/mol. The average Bonchev–Trinajstić information content (AvgIpc) is 3.19. The van der Waals surface area contributed by atoms with E-state index in [1.807, 2.05) is 24.3 Å². The lowest BCUT2D eigenvalue weighted by Gasteiger charge is -2.21. The van der Waals surface area contributed by atoms with Gasteiger partial charge in [0.1, 0.15) is 11.9 Å². The Hall–Kier alpha value is -1.06. The molecule has 2 unspecified atom stereocenters. The highest BCUT2D eigenvalue weighted by atomic mass is 16.5. The maximum atomic E-state index is 10.3.